The molecule has 0 radical (unpaired) electrons. The fourth-order valence-electron chi connectivity index (χ4n) is 2.14. The summed E-state index contributed by atoms with van der Waals surface area (Å²) in [5.41, 5.74) is 2.41. The molecular weight excluding hydrogens is 292 g/mol. The molecule has 0 saturated heterocycles. The fraction of sp³-hybridized carbons (Fsp3) is 0.368. The molecule has 120 valence electrons. The lowest BCUT2D eigenvalue weighted by Gasteiger charge is -2.21. The number of para-hydroxylation sites is 2. The van der Waals surface area contributed by atoms with E-state index in [0.717, 1.165) is 30.3 Å². The fourth-order valence-corrected chi connectivity index (χ4v) is 2.39. The molecule has 0 aliphatic heterocycles. The van der Waals surface area contributed by atoms with Gasteiger partial charge in [0.2, 0.25) is 0 Å². The summed E-state index contributed by atoms with van der Waals surface area (Å²) in [6, 6.07) is 18.3. The zero-order valence-electron chi connectivity index (χ0n) is 14.1. The van der Waals surface area contributed by atoms with Crippen LogP contribution in [0.5, 0.6) is 0 Å². The van der Waals surface area contributed by atoms with Crippen molar-refractivity contribution in [1.82, 2.24) is 0 Å². The average Bonchev–Trinajstić information content (AvgIpc) is 2.58. The monoisotopic (exact) mass is 318 g/mol. The molecule has 0 amide bonds. The lowest BCUT2D eigenvalue weighted by molar-refractivity contribution is 0.866. The van der Waals surface area contributed by atoms with Crippen LogP contribution in [-0.4, -0.2) is 26.7 Å². The van der Waals surface area contributed by atoms with Gasteiger partial charge in [0.15, 0.2) is 0 Å². The molecule has 2 aromatic rings. The number of rotatable bonds is 5. The van der Waals surface area contributed by atoms with Crippen LogP contribution in [0.15, 0.2) is 54.6 Å². The summed E-state index contributed by atoms with van der Waals surface area (Å²) in [7, 11) is 2.09. The van der Waals surface area contributed by atoms with Gasteiger partial charge in [-0.25, -0.2) is 0 Å². The van der Waals surface area contributed by atoms with E-state index in [1.165, 1.54) is 5.69 Å². The molecule has 22 heavy (non-hydrogen) atoms. The molecule has 2 aromatic carbocycles. The van der Waals surface area contributed by atoms with Crippen LogP contribution in [0.2, 0.25) is 5.02 Å². The predicted molar refractivity (Wildman–Crippen MR) is 100 cm³/mol. The summed E-state index contributed by atoms with van der Waals surface area (Å²) < 4.78 is 0. The van der Waals surface area contributed by atoms with E-state index in [9.17, 15) is 0 Å². The van der Waals surface area contributed by atoms with E-state index in [1.807, 2.05) is 24.3 Å². The Kier molecular flexibility index (Phi) is 8.46. The highest BCUT2D eigenvalue weighted by Gasteiger charge is 2.04. The Morgan fingerprint density at radius 1 is 0.773 bits per heavy atom. The smallest absolute Gasteiger partial charge is 0.0639 e. The second-order valence-electron chi connectivity index (χ2n) is 4.97. The van der Waals surface area contributed by atoms with Crippen LogP contribution in [0.3, 0.4) is 0 Å². The van der Waals surface area contributed by atoms with Crippen molar-refractivity contribution in [2.24, 2.45) is 0 Å². The molecule has 0 unspecified atom stereocenters. The number of hydrogen-bond acceptors (Lipinski definition) is 2. The maximum Gasteiger partial charge on any atom is 0.0639 e. The van der Waals surface area contributed by atoms with E-state index in [4.69, 9.17) is 11.6 Å². The van der Waals surface area contributed by atoms with E-state index >= 15 is 0 Å². The summed E-state index contributed by atoms with van der Waals surface area (Å²) in [6.07, 6.45) is 0. The summed E-state index contributed by atoms with van der Waals surface area (Å²) in [4.78, 5) is 4.45. The van der Waals surface area contributed by atoms with Crippen molar-refractivity contribution < 1.29 is 0 Å². The van der Waals surface area contributed by atoms with Crippen molar-refractivity contribution in [1.29, 1.82) is 0 Å². The highest BCUT2D eigenvalue weighted by atomic mass is 35.5. The van der Waals surface area contributed by atoms with E-state index in [2.05, 4.69) is 68.0 Å². The van der Waals surface area contributed by atoms with Gasteiger partial charge in [0.25, 0.3) is 0 Å². The molecule has 0 fully saturated rings. The van der Waals surface area contributed by atoms with Gasteiger partial charge in [-0.3, -0.25) is 0 Å². The van der Waals surface area contributed by atoms with Gasteiger partial charge in [0.1, 0.15) is 0 Å². The number of hydrogen-bond donors (Lipinski definition) is 0. The standard InChI is InChI=1S/C10H14ClN.C9H13N/c1-3-12(4-2)10-8-6-5-7-9(10)11;1-3-10(2)9-7-5-4-6-8-9/h5-8H,3-4H2,1-2H3;4-8H,3H2,1-2H3. The minimum atomic E-state index is 0.834. The van der Waals surface area contributed by atoms with Crippen molar-refractivity contribution in [3.8, 4) is 0 Å². The molecule has 0 N–H and O–H groups in total. The van der Waals surface area contributed by atoms with Gasteiger partial charge >= 0.3 is 0 Å². The largest absolute Gasteiger partial charge is 0.375 e. The molecule has 2 nitrogen and oxygen atoms in total. The molecule has 3 heteroatoms. The van der Waals surface area contributed by atoms with Crippen molar-refractivity contribution in [3.05, 3.63) is 59.6 Å². The lowest BCUT2D eigenvalue weighted by atomic mass is 10.3. The minimum absolute atomic E-state index is 0.834. The molecular formula is C19H27ClN2. The Morgan fingerprint density at radius 3 is 1.82 bits per heavy atom. The van der Waals surface area contributed by atoms with Crippen molar-refractivity contribution in [3.63, 3.8) is 0 Å². The summed E-state index contributed by atoms with van der Waals surface area (Å²) in [6.45, 7) is 9.47. The van der Waals surface area contributed by atoms with Crippen LogP contribution in [0.4, 0.5) is 11.4 Å². The van der Waals surface area contributed by atoms with Gasteiger partial charge in [-0.2, -0.15) is 0 Å². The second-order valence-corrected chi connectivity index (χ2v) is 5.38. The van der Waals surface area contributed by atoms with Gasteiger partial charge in [-0.05, 0) is 45.0 Å². The van der Waals surface area contributed by atoms with Gasteiger partial charge in [-0.15, -0.1) is 0 Å². The highest BCUT2D eigenvalue weighted by Crippen LogP contribution is 2.24. The Bertz CT molecular complexity index is 524. The predicted octanol–water partition coefficient (Wildman–Crippen LogP) is 5.33. The molecule has 0 spiro atoms. The van der Waals surface area contributed by atoms with E-state index in [1.54, 1.807) is 0 Å². The van der Waals surface area contributed by atoms with Gasteiger partial charge in [0.05, 0.1) is 10.7 Å². The van der Waals surface area contributed by atoms with Crippen LogP contribution in [0, 0.1) is 0 Å². The normalized spacial score (nSPS) is 9.68. The van der Waals surface area contributed by atoms with Gasteiger partial charge in [-0.1, -0.05) is 41.9 Å². The summed E-state index contributed by atoms with van der Waals surface area (Å²) >= 11 is 6.03. The topological polar surface area (TPSA) is 6.48 Å². The molecule has 0 aliphatic rings. The third-order valence-electron chi connectivity index (χ3n) is 3.63. The Morgan fingerprint density at radius 2 is 1.32 bits per heavy atom. The first-order valence-corrected chi connectivity index (χ1v) is 8.27. The SMILES string of the molecule is CCN(C)c1ccccc1.CCN(CC)c1ccccc1Cl. The number of halogens is 1. The van der Waals surface area contributed by atoms with Crippen molar-refractivity contribution in [2.75, 3.05) is 36.5 Å². The maximum absolute atomic E-state index is 6.03. The third-order valence-corrected chi connectivity index (χ3v) is 3.95. The minimum Gasteiger partial charge on any atom is -0.375 e. The van der Waals surface area contributed by atoms with Crippen LogP contribution < -0.4 is 9.80 Å². The molecule has 0 atom stereocenters. The van der Waals surface area contributed by atoms with E-state index in [0.29, 0.717) is 0 Å². The highest BCUT2D eigenvalue weighted by molar-refractivity contribution is 6.33. The number of nitrogens with zero attached hydrogens (tertiary/aromatic N) is 2. The van der Waals surface area contributed by atoms with E-state index < -0.39 is 0 Å². The molecule has 0 aromatic heterocycles. The first-order chi connectivity index (χ1) is 10.6. The zero-order valence-corrected chi connectivity index (χ0v) is 14.8. The molecule has 0 bridgehead atoms. The first-order valence-electron chi connectivity index (χ1n) is 7.89. The van der Waals surface area contributed by atoms with Crippen molar-refractivity contribution in [2.45, 2.75) is 20.8 Å². The Labute approximate surface area is 140 Å². The van der Waals surface area contributed by atoms with Gasteiger partial charge in [0, 0.05) is 32.4 Å². The van der Waals surface area contributed by atoms with Crippen LogP contribution in [0.1, 0.15) is 20.8 Å². The maximum atomic E-state index is 6.03. The van der Waals surface area contributed by atoms with Crippen LogP contribution in [-0.2, 0) is 0 Å². The number of benzene rings is 2. The molecule has 0 heterocycles. The Hall–Kier alpha value is -1.67. The van der Waals surface area contributed by atoms with Gasteiger partial charge < -0.3 is 9.80 Å². The van der Waals surface area contributed by atoms with Crippen LogP contribution >= 0.6 is 11.6 Å². The van der Waals surface area contributed by atoms with Crippen LogP contribution in [0.25, 0.3) is 0 Å². The average molecular weight is 319 g/mol. The summed E-state index contributed by atoms with van der Waals surface area (Å²) in [5.74, 6) is 0. The zero-order chi connectivity index (χ0) is 16.4. The third kappa shape index (κ3) is 5.61. The Balaban J connectivity index is 0.000000224. The molecule has 0 aliphatic carbocycles. The van der Waals surface area contributed by atoms with E-state index in [-0.39, 0.29) is 0 Å². The van der Waals surface area contributed by atoms with Crippen molar-refractivity contribution >= 4 is 23.0 Å². The lowest BCUT2D eigenvalue weighted by Crippen LogP contribution is -2.21. The number of anilines is 2. The first kappa shape index (κ1) is 18.4. The summed E-state index contributed by atoms with van der Waals surface area (Å²) in [5, 5.41) is 0.834. The second kappa shape index (κ2) is 10.1. The molecule has 2 rings (SSSR count). The molecule has 0 saturated carbocycles. The quantitative estimate of drug-likeness (QED) is 0.735.